The van der Waals surface area contributed by atoms with Crippen molar-refractivity contribution in [2.45, 2.75) is 52.0 Å². The molecule has 4 heterocycles. The first-order valence-corrected chi connectivity index (χ1v) is 12.9. The molecule has 5 rings (SSSR count). The van der Waals surface area contributed by atoms with Gasteiger partial charge in [-0.15, -0.1) is 0 Å². The Balaban J connectivity index is 1.76. The third kappa shape index (κ3) is 3.70. The highest BCUT2D eigenvalue weighted by atomic mass is 31.2. The van der Waals surface area contributed by atoms with Crippen molar-refractivity contribution >= 4 is 24.4 Å². The van der Waals surface area contributed by atoms with Crippen LogP contribution < -0.4 is 15.4 Å². The van der Waals surface area contributed by atoms with E-state index < -0.39 is 25.0 Å². The Bertz CT molecular complexity index is 1560. The molecule has 2 aliphatic heterocycles. The SMILES string of the molecule is C=C1OCc2c(cc3n(c2=O)Cc2cc4c(NC(C)C)c(OP(=O)(O)O)c(F)cc4nc2-3)[C@@]1(O)CC. The Labute approximate surface area is 205 Å². The maximum Gasteiger partial charge on any atom is 0.524 e. The van der Waals surface area contributed by atoms with Gasteiger partial charge in [-0.1, -0.05) is 13.5 Å². The van der Waals surface area contributed by atoms with Crippen LogP contribution >= 0.6 is 7.82 Å². The van der Waals surface area contributed by atoms with E-state index in [-0.39, 0.29) is 48.1 Å². The zero-order valence-electron chi connectivity index (χ0n) is 19.8. The Morgan fingerprint density at radius 3 is 2.72 bits per heavy atom. The van der Waals surface area contributed by atoms with Gasteiger partial charge in [0.1, 0.15) is 18.0 Å². The molecule has 10 nitrogen and oxygen atoms in total. The number of rotatable bonds is 5. The summed E-state index contributed by atoms with van der Waals surface area (Å²) < 4.78 is 38.2. The first-order chi connectivity index (χ1) is 16.8. The number of hydrogen-bond acceptors (Lipinski definition) is 7. The zero-order chi connectivity index (χ0) is 26.2. The van der Waals surface area contributed by atoms with Crippen molar-refractivity contribution in [3.05, 3.63) is 63.4 Å². The number of halogens is 1. The molecular formula is C24H25FN3O7P. The highest BCUT2D eigenvalue weighted by molar-refractivity contribution is 7.46. The summed E-state index contributed by atoms with van der Waals surface area (Å²) in [4.78, 5) is 36.6. The van der Waals surface area contributed by atoms with Crippen LogP contribution in [0.4, 0.5) is 10.1 Å². The van der Waals surface area contributed by atoms with Gasteiger partial charge in [0.2, 0.25) is 0 Å². The lowest BCUT2D eigenvalue weighted by atomic mass is 9.84. The molecule has 0 aliphatic carbocycles. The van der Waals surface area contributed by atoms with Gasteiger partial charge in [0.15, 0.2) is 11.6 Å². The topological polar surface area (TPSA) is 143 Å². The monoisotopic (exact) mass is 517 g/mol. The van der Waals surface area contributed by atoms with Gasteiger partial charge in [-0.2, -0.15) is 0 Å². The molecule has 190 valence electrons. The van der Waals surface area contributed by atoms with E-state index >= 15 is 4.39 Å². The van der Waals surface area contributed by atoms with Crippen LogP contribution in [0, 0.1) is 5.82 Å². The van der Waals surface area contributed by atoms with Crippen LogP contribution in [0.2, 0.25) is 0 Å². The molecule has 0 saturated heterocycles. The van der Waals surface area contributed by atoms with E-state index in [0.717, 1.165) is 6.07 Å². The number of pyridine rings is 2. The van der Waals surface area contributed by atoms with Crippen molar-refractivity contribution in [2.75, 3.05) is 5.32 Å². The number of nitrogens with one attached hydrogen (secondary N) is 1. The third-order valence-electron chi connectivity index (χ3n) is 6.53. The minimum atomic E-state index is -5.05. The number of aromatic nitrogens is 2. The van der Waals surface area contributed by atoms with Gasteiger partial charge in [-0.25, -0.2) is 13.9 Å². The number of fused-ring (bicyclic) bond motifs is 5. The van der Waals surface area contributed by atoms with E-state index in [2.05, 4.69) is 21.4 Å². The molecule has 1 aromatic carbocycles. The molecule has 3 aromatic rings. The quantitative estimate of drug-likeness (QED) is 0.293. The molecule has 0 amide bonds. The van der Waals surface area contributed by atoms with E-state index in [4.69, 9.17) is 4.74 Å². The number of nitrogens with zero attached hydrogens (tertiary/aromatic N) is 2. The highest BCUT2D eigenvalue weighted by Crippen LogP contribution is 2.47. The van der Waals surface area contributed by atoms with Crippen LogP contribution in [-0.2, 0) is 28.1 Å². The van der Waals surface area contributed by atoms with E-state index in [1.54, 1.807) is 32.9 Å². The van der Waals surface area contributed by atoms with Crippen molar-refractivity contribution in [1.29, 1.82) is 0 Å². The molecule has 4 N–H and O–H groups in total. The average Bonchev–Trinajstić information content (AvgIpc) is 3.15. The Morgan fingerprint density at radius 2 is 2.08 bits per heavy atom. The number of phosphoric ester groups is 1. The maximum atomic E-state index is 15.0. The van der Waals surface area contributed by atoms with Gasteiger partial charge in [0.25, 0.3) is 5.56 Å². The minimum absolute atomic E-state index is 0.0158. The fourth-order valence-corrected chi connectivity index (χ4v) is 5.24. The number of phosphoric acid groups is 1. The van der Waals surface area contributed by atoms with Crippen LogP contribution in [0.25, 0.3) is 22.3 Å². The largest absolute Gasteiger partial charge is 0.524 e. The number of anilines is 1. The number of aliphatic hydroxyl groups is 1. The summed E-state index contributed by atoms with van der Waals surface area (Å²) in [6.07, 6.45) is 0.248. The van der Waals surface area contributed by atoms with Crippen molar-refractivity contribution in [1.82, 2.24) is 9.55 Å². The number of ether oxygens (including phenoxy) is 1. The summed E-state index contributed by atoms with van der Waals surface area (Å²) in [6, 6.07) is 4.20. The Kier molecular flexibility index (Phi) is 5.53. The van der Waals surface area contributed by atoms with Crippen molar-refractivity contribution in [3.8, 4) is 17.1 Å². The number of hydrogen-bond donors (Lipinski definition) is 4. The Hall–Kier alpha value is -3.24. The van der Waals surface area contributed by atoms with Crippen molar-refractivity contribution < 1.29 is 33.1 Å². The average molecular weight is 517 g/mol. The summed E-state index contributed by atoms with van der Waals surface area (Å²) in [6.45, 7) is 9.28. The van der Waals surface area contributed by atoms with Gasteiger partial charge >= 0.3 is 7.82 Å². The van der Waals surface area contributed by atoms with Crippen molar-refractivity contribution in [3.63, 3.8) is 0 Å². The summed E-state index contributed by atoms with van der Waals surface area (Å²) in [5.41, 5.74) is 0.670. The summed E-state index contributed by atoms with van der Waals surface area (Å²) in [5.74, 6) is -1.45. The smallest absolute Gasteiger partial charge is 0.490 e. The molecule has 12 heteroatoms. The third-order valence-corrected chi connectivity index (χ3v) is 6.95. The van der Waals surface area contributed by atoms with Gasteiger partial charge in [0.05, 0.1) is 34.7 Å². The van der Waals surface area contributed by atoms with Crippen LogP contribution in [0.1, 0.15) is 43.9 Å². The molecule has 2 aliphatic rings. The normalized spacial score (nSPS) is 18.6. The second kappa shape index (κ2) is 8.14. The molecule has 0 bridgehead atoms. The lowest BCUT2D eigenvalue weighted by Gasteiger charge is -2.35. The lowest BCUT2D eigenvalue weighted by Crippen LogP contribution is -2.38. The molecule has 1 atom stereocenters. The van der Waals surface area contributed by atoms with Crippen molar-refractivity contribution in [2.24, 2.45) is 0 Å². The Morgan fingerprint density at radius 1 is 1.36 bits per heavy atom. The molecular weight excluding hydrogens is 492 g/mol. The first kappa shape index (κ1) is 24.5. The minimum Gasteiger partial charge on any atom is -0.490 e. The molecule has 0 fully saturated rings. The molecule has 0 saturated carbocycles. The number of benzene rings is 1. The van der Waals surface area contributed by atoms with E-state index in [0.29, 0.717) is 33.5 Å². The maximum absolute atomic E-state index is 15.0. The summed E-state index contributed by atoms with van der Waals surface area (Å²) in [7, 11) is -5.05. The van der Waals surface area contributed by atoms with Gasteiger partial charge in [-0.05, 0) is 32.4 Å². The van der Waals surface area contributed by atoms with E-state index in [1.807, 2.05) is 0 Å². The molecule has 0 unspecified atom stereocenters. The highest BCUT2D eigenvalue weighted by Gasteiger charge is 2.41. The van der Waals surface area contributed by atoms with Gasteiger partial charge < -0.3 is 24.3 Å². The van der Waals surface area contributed by atoms with Gasteiger partial charge in [0, 0.05) is 28.6 Å². The molecule has 0 radical (unpaired) electrons. The predicted molar refractivity (Wildman–Crippen MR) is 130 cm³/mol. The predicted octanol–water partition coefficient (Wildman–Crippen LogP) is 3.50. The standard InChI is InChI=1S/C24H25FN3O7P/c1-5-24(30)12(4)34-10-15-16(24)7-19-20-13(9-28(19)23(15)29)6-14-18(27-20)8-17(25)22(35-36(31,32)33)21(14)26-11(2)3/h6-8,11,26,30H,4-5,9-10H2,1-3H3,(H2,31,32,33)/t24-/m1/s1. The second-order valence-corrected chi connectivity index (χ2v) is 10.4. The van der Waals surface area contributed by atoms with Crippen LogP contribution in [0.5, 0.6) is 5.75 Å². The fraction of sp³-hybridized carbons (Fsp3) is 0.333. The van der Waals surface area contributed by atoms with E-state index in [9.17, 15) is 24.3 Å². The summed E-state index contributed by atoms with van der Waals surface area (Å²) >= 11 is 0. The van der Waals surface area contributed by atoms with Gasteiger partial charge in [-0.3, -0.25) is 14.6 Å². The van der Waals surface area contributed by atoms with Crippen LogP contribution in [-0.4, -0.2) is 30.5 Å². The summed E-state index contributed by atoms with van der Waals surface area (Å²) in [5, 5.41) is 14.6. The first-order valence-electron chi connectivity index (χ1n) is 11.3. The fourth-order valence-electron chi connectivity index (χ4n) is 4.83. The second-order valence-electron chi connectivity index (χ2n) is 9.24. The molecule has 0 spiro atoms. The zero-order valence-corrected chi connectivity index (χ0v) is 20.7. The van der Waals surface area contributed by atoms with Crippen LogP contribution in [0.3, 0.4) is 0 Å². The molecule has 2 aromatic heterocycles. The van der Waals surface area contributed by atoms with Crippen LogP contribution in [0.15, 0.2) is 35.3 Å². The van der Waals surface area contributed by atoms with E-state index in [1.165, 1.54) is 4.57 Å². The lowest BCUT2D eigenvalue weighted by molar-refractivity contribution is -0.0172. The molecule has 36 heavy (non-hydrogen) atoms.